The van der Waals surface area contributed by atoms with Crippen molar-refractivity contribution in [3.8, 4) is 0 Å². The minimum Gasteiger partial charge on any atom is -0.325 e. The molecular formula is C11H16N4. The van der Waals surface area contributed by atoms with Gasteiger partial charge in [0.25, 0.3) is 0 Å². The van der Waals surface area contributed by atoms with E-state index >= 15 is 0 Å². The van der Waals surface area contributed by atoms with Crippen molar-refractivity contribution in [2.24, 2.45) is 11.7 Å². The van der Waals surface area contributed by atoms with Crippen molar-refractivity contribution in [3.63, 3.8) is 0 Å². The first-order valence-corrected chi connectivity index (χ1v) is 5.23. The Labute approximate surface area is 89.1 Å². The Kier molecular flexibility index (Phi) is 2.68. The van der Waals surface area contributed by atoms with Gasteiger partial charge >= 0.3 is 0 Å². The molecule has 2 N–H and O–H groups in total. The van der Waals surface area contributed by atoms with Crippen LogP contribution in [0.25, 0.3) is 5.65 Å². The molecule has 4 heteroatoms. The van der Waals surface area contributed by atoms with E-state index in [2.05, 4.69) is 23.9 Å². The van der Waals surface area contributed by atoms with Crippen molar-refractivity contribution >= 4 is 5.65 Å². The molecule has 2 heterocycles. The molecule has 0 radical (unpaired) electrons. The van der Waals surface area contributed by atoms with Gasteiger partial charge in [-0.3, -0.25) is 0 Å². The number of hydrogen-bond acceptors (Lipinski definition) is 3. The van der Waals surface area contributed by atoms with Gasteiger partial charge in [0.15, 0.2) is 5.65 Å². The second-order valence-electron chi connectivity index (χ2n) is 4.16. The van der Waals surface area contributed by atoms with Crippen molar-refractivity contribution in [2.45, 2.75) is 26.8 Å². The van der Waals surface area contributed by atoms with Crippen molar-refractivity contribution in [1.82, 2.24) is 14.6 Å². The van der Waals surface area contributed by atoms with Crippen LogP contribution in [0.15, 0.2) is 18.3 Å². The fourth-order valence-corrected chi connectivity index (χ4v) is 1.60. The molecule has 15 heavy (non-hydrogen) atoms. The Morgan fingerprint density at radius 1 is 1.33 bits per heavy atom. The molecule has 0 bridgehead atoms. The van der Waals surface area contributed by atoms with Gasteiger partial charge in [0.05, 0.1) is 17.6 Å². The summed E-state index contributed by atoms with van der Waals surface area (Å²) in [6.45, 7) is 4.83. The zero-order valence-corrected chi connectivity index (χ0v) is 9.14. The fourth-order valence-electron chi connectivity index (χ4n) is 1.60. The topological polar surface area (TPSA) is 56.2 Å². The molecule has 2 aromatic rings. The Morgan fingerprint density at radius 2 is 2.13 bits per heavy atom. The molecule has 0 fully saturated rings. The fraction of sp³-hybridized carbons (Fsp3) is 0.455. The lowest BCUT2D eigenvalue weighted by molar-refractivity contribution is 0.624. The zero-order chi connectivity index (χ0) is 10.8. The SMILES string of the molecule is CC(C)Cc1ccc2nc(CN)cn2n1. The Morgan fingerprint density at radius 3 is 2.80 bits per heavy atom. The third kappa shape index (κ3) is 2.15. The summed E-state index contributed by atoms with van der Waals surface area (Å²) < 4.78 is 1.81. The van der Waals surface area contributed by atoms with Crippen LogP contribution in [0.5, 0.6) is 0 Å². The smallest absolute Gasteiger partial charge is 0.153 e. The molecule has 0 amide bonds. The summed E-state index contributed by atoms with van der Waals surface area (Å²) in [5.74, 6) is 0.618. The molecule has 0 aliphatic rings. The zero-order valence-electron chi connectivity index (χ0n) is 9.14. The normalized spacial score (nSPS) is 11.5. The van der Waals surface area contributed by atoms with Crippen molar-refractivity contribution in [1.29, 1.82) is 0 Å². The van der Waals surface area contributed by atoms with Crippen LogP contribution in [-0.4, -0.2) is 14.6 Å². The second kappa shape index (κ2) is 3.98. The Hall–Kier alpha value is -1.42. The van der Waals surface area contributed by atoms with Gasteiger partial charge in [0, 0.05) is 6.54 Å². The molecule has 0 unspecified atom stereocenters. The van der Waals surface area contributed by atoms with Crippen LogP contribution in [-0.2, 0) is 13.0 Å². The maximum atomic E-state index is 5.53. The van der Waals surface area contributed by atoms with E-state index in [0.29, 0.717) is 12.5 Å². The average Bonchev–Trinajstić information content (AvgIpc) is 2.58. The molecule has 0 saturated heterocycles. The number of aromatic nitrogens is 3. The van der Waals surface area contributed by atoms with Gasteiger partial charge < -0.3 is 5.73 Å². The number of fused-ring (bicyclic) bond motifs is 1. The highest BCUT2D eigenvalue weighted by Crippen LogP contribution is 2.08. The van der Waals surface area contributed by atoms with E-state index < -0.39 is 0 Å². The third-order valence-electron chi connectivity index (χ3n) is 2.25. The predicted molar refractivity (Wildman–Crippen MR) is 59.4 cm³/mol. The van der Waals surface area contributed by atoms with Gasteiger partial charge in [-0.2, -0.15) is 5.10 Å². The van der Waals surface area contributed by atoms with Gasteiger partial charge in [0.1, 0.15) is 0 Å². The minimum absolute atomic E-state index is 0.461. The van der Waals surface area contributed by atoms with Crippen molar-refractivity contribution in [3.05, 3.63) is 29.7 Å². The van der Waals surface area contributed by atoms with E-state index in [-0.39, 0.29) is 0 Å². The second-order valence-corrected chi connectivity index (χ2v) is 4.16. The van der Waals surface area contributed by atoms with Crippen LogP contribution in [0.1, 0.15) is 25.2 Å². The maximum Gasteiger partial charge on any atom is 0.153 e. The molecule has 0 spiro atoms. The van der Waals surface area contributed by atoms with E-state index in [1.165, 1.54) is 0 Å². The van der Waals surface area contributed by atoms with Crippen LogP contribution < -0.4 is 5.73 Å². The highest BCUT2D eigenvalue weighted by atomic mass is 15.2. The number of rotatable bonds is 3. The van der Waals surface area contributed by atoms with Gasteiger partial charge in [-0.05, 0) is 24.5 Å². The first kappa shape index (κ1) is 10.1. The number of nitrogens with two attached hydrogens (primary N) is 1. The molecule has 80 valence electrons. The van der Waals surface area contributed by atoms with E-state index in [1.807, 2.05) is 18.3 Å². The highest BCUT2D eigenvalue weighted by molar-refractivity contribution is 5.38. The van der Waals surface area contributed by atoms with Gasteiger partial charge in [-0.15, -0.1) is 0 Å². The average molecular weight is 204 g/mol. The lowest BCUT2D eigenvalue weighted by Crippen LogP contribution is -2.01. The van der Waals surface area contributed by atoms with Gasteiger partial charge in [-0.1, -0.05) is 13.8 Å². The van der Waals surface area contributed by atoms with E-state index in [1.54, 1.807) is 4.52 Å². The summed E-state index contributed by atoms with van der Waals surface area (Å²) in [5.41, 5.74) is 8.37. The maximum absolute atomic E-state index is 5.53. The Bertz CT molecular complexity index is 459. The van der Waals surface area contributed by atoms with Crippen LogP contribution in [0.2, 0.25) is 0 Å². The standard InChI is InChI=1S/C11H16N4/c1-8(2)5-9-3-4-11-13-10(6-12)7-15(11)14-9/h3-4,7-8H,5-6,12H2,1-2H3. The molecule has 2 aromatic heterocycles. The molecule has 2 rings (SSSR count). The molecule has 4 nitrogen and oxygen atoms in total. The van der Waals surface area contributed by atoms with E-state index in [4.69, 9.17) is 5.73 Å². The van der Waals surface area contributed by atoms with Crippen LogP contribution in [0.3, 0.4) is 0 Å². The van der Waals surface area contributed by atoms with Crippen molar-refractivity contribution in [2.75, 3.05) is 0 Å². The van der Waals surface area contributed by atoms with Gasteiger partial charge in [-0.25, -0.2) is 9.50 Å². The molecule has 0 saturated carbocycles. The van der Waals surface area contributed by atoms with Gasteiger partial charge in [0.2, 0.25) is 0 Å². The number of hydrogen-bond donors (Lipinski definition) is 1. The lowest BCUT2D eigenvalue weighted by atomic mass is 10.1. The Balaban J connectivity index is 2.37. The largest absolute Gasteiger partial charge is 0.325 e. The highest BCUT2D eigenvalue weighted by Gasteiger charge is 2.03. The summed E-state index contributed by atoms with van der Waals surface area (Å²) in [5, 5.41) is 4.48. The molecule has 0 atom stereocenters. The first-order valence-electron chi connectivity index (χ1n) is 5.23. The van der Waals surface area contributed by atoms with Crippen LogP contribution in [0.4, 0.5) is 0 Å². The van der Waals surface area contributed by atoms with E-state index in [0.717, 1.165) is 23.5 Å². The predicted octanol–water partition coefficient (Wildman–Crippen LogP) is 1.39. The summed E-state index contributed by atoms with van der Waals surface area (Å²) in [6.07, 6.45) is 2.88. The number of imidazole rings is 1. The summed E-state index contributed by atoms with van der Waals surface area (Å²) >= 11 is 0. The quantitative estimate of drug-likeness (QED) is 0.822. The molecule has 0 aromatic carbocycles. The van der Waals surface area contributed by atoms with Crippen LogP contribution >= 0.6 is 0 Å². The summed E-state index contributed by atoms with van der Waals surface area (Å²) in [7, 11) is 0. The minimum atomic E-state index is 0.461. The van der Waals surface area contributed by atoms with Crippen LogP contribution in [0, 0.1) is 5.92 Å². The molecule has 0 aliphatic heterocycles. The monoisotopic (exact) mass is 204 g/mol. The summed E-state index contributed by atoms with van der Waals surface area (Å²) in [4.78, 5) is 4.33. The lowest BCUT2D eigenvalue weighted by Gasteiger charge is -2.03. The summed E-state index contributed by atoms with van der Waals surface area (Å²) in [6, 6.07) is 4.02. The molecule has 0 aliphatic carbocycles. The van der Waals surface area contributed by atoms with E-state index in [9.17, 15) is 0 Å². The van der Waals surface area contributed by atoms with Crippen molar-refractivity contribution < 1.29 is 0 Å². The third-order valence-corrected chi connectivity index (χ3v) is 2.25. The number of nitrogens with zero attached hydrogens (tertiary/aromatic N) is 3. The first-order chi connectivity index (χ1) is 7.19. The molecular weight excluding hydrogens is 188 g/mol.